The van der Waals surface area contributed by atoms with Crippen LogP contribution in [0.3, 0.4) is 0 Å². The number of hydrogen-bond donors (Lipinski definition) is 2. The first-order valence-corrected chi connectivity index (χ1v) is 9.53. The number of anilines is 1. The summed E-state index contributed by atoms with van der Waals surface area (Å²) in [5.41, 5.74) is 2.62. The van der Waals surface area contributed by atoms with Gasteiger partial charge in [0.15, 0.2) is 5.65 Å². The SMILES string of the molecule is Cc1cc(C(=O)NCCCn2nc3ccccn3c2=O)ccc1N1CCNC1=O. The van der Waals surface area contributed by atoms with Crippen molar-refractivity contribution in [3.05, 3.63) is 64.2 Å². The lowest BCUT2D eigenvalue weighted by Crippen LogP contribution is -2.29. The molecular formula is C20H22N6O3. The minimum atomic E-state index is -0.191. The first-order valence-electron chi connectivity index (χ1n) is 9.53. The Balaban J connectivity index is 1.33. The Kier molecular flexibility index (Phi) is 5.03. The molecule has 3 heterocycles. The van der Waals surface area contributed by atoms with Crippen LogP contribution in [0.5, 0.6) is 0 Å². The first kappa shape index (κ1) is 18.7. The minimum absolute atomic E-state index is 0.118. The number of aryl methyl sites for hydroxylation is 2. The molecule has 4 rings (SSSR count). The van der Waals surface area contributed by atoms with Gasteiger partial charge < -0.3 is 10.6 Å². The highest BCUT2D eigenvalue weighted by Gasteiger charge is 2.22. The molecule has 9 nitrogen and oxygen atoms in total. The van der Waals surface area contributed by atoms with Gasteiger partial charge >= 0.3 is 11.7 Å². The highest BCUT2D eigenvalue weighted by Crippen LogP contribution is 2.22. The Morgan fingerprint density at radius 2 is 2.10 bits per heavy atom. The summed E-state index contributed by atoms with van der Waals surface area (Å²) < 4.78 is 2.89. The summed E-state index contributed by atoms with van der Waals surface area (Å²) in [7, 11) is 0. The third-order valence-electron chi connectivity index (χ3n) is 4.93. The predicted octanol–water partition coefficient (Wildman–Crippen LogP) is 1.15. The van der Waals surface area contributed by atoms with Crippen LogP contribution < -0.4 is 21.2 Å². The van der Waals surface area contributed by atoms with Gasteiger partial charge in [0.2, 0.25) is 0 Å². The molecule has 0 unspecified atom stereocenters. The number of aromatic nitrogens is 3. The monoisotopic (exact) mass is 394 g/mol. The largest absolute Gasteiger partial charge is 0.352 e. The van der Waals surface area contributed by atoms with Crippen LogP contribution in [0.2, 0.25) is 0 Å². The molecule has 3 amide bonds. The molecule has 9 heteroatoms. The fraction of sp³-hybridized carbons (Fsp3) is 0.300. The van der Waals surface area contributed by atoms with Crippen LogP contribution in [0.4, 0.5) is 10.5 Å². The first-order chi connectivity index (χ1) is 14.0. The molecule has 2 aromatic heterocycles. The van der Waals surface area contributed by atoms with Crippen molar-refractivity contribution in [2.45, 2.75) is 19.9 Å². The number of carbonyl (C=O) groups excluding carboxylic acids is 2. The van der Waals surface area contributed by atoms with Crippen LogP contribution in [-0.2, 0) is 6.54 Å². The number of urea groups is 1. The number of benzene rings is 1. The van der Waals surface area contributed by atoms with Crippen molar-refractivity contribution >= 4 is 23.3 Å². The van der Waals surface area contributed by atoms with E-state index in [0.29, 0.717) is 43.8 Å². The number of amides is 3. The maximum absolute atomic E-state index is 12.4. The third kappa shape index (κ3) is 3.71. The summed E-state index contributed by atoms with van der Waals surface area (Å²) in [5.74, 6) is -0.187. The van der Waals surface area contributed by atoms with Crippen LogP contribution in [0.25, 0.3) is 5.65 Å². The Hall–Kier alpha value is -3.62. The van der Waals surface area contributed by atoms with E-state index in [1.165, 1.54) is 9.08 Å². The summed E-state index contributed by atoms with van der Waals surface area (Å²) >= 11 is 0. The highest BCUT2D eigenvalue weighted by molar-refractivity contribution is 5.97. The second-order valence-electron chi connectivity index (χ2n) is 6.93. The van der Waals surface area contributed by atoms with E-state index in [0.717, 1.165) is 11.3 Å². The molecule has 0 spiro atoms. The number of carbonyl (C=O) groups is 2. The van der Waals surface area contributed by atoms with E-state index in [2.05, 4.69) is 15.7 Å². The Bertz CT molecular complexity index is 1130. The van der Waals surface area contributed by atoms with Gasteiger partial charge in [0, 0.05) is 43.6 Å². The van der Waals surface area contributed by atoms with Gasteiger partial charge in [-0.25, -0.2) is 14.3 Å². The predicted molar refractivity (Wildman–Crippen MR) is 108 cm³/mol. The van der Waals surface area contributed by atoms with Gasteiger partial charge in [0.05, 0.1) is 0 Å². The molecule has 0 atom stereocenters. The fourth-order valence-electron chi connectivity index (χ4n) is 3.45. The van der Waals surface area contributed by atoms with Crippen LogP contribution in [0.15, 0.2) is 47.4 Å². The summed E-state index contributed by atoms with van der Waals surface area (Å²) in [6.45, 7) is 3.97. The number of hydrogen-bond acceptors (Lipinski definition) is 4. The van der Waals surface area contributed by atoms with E-state index >= 15 is 0 Å². The zero-order valence-corrected chi connectivity index (χ0v) is 16.1. The van der Waals surface area contributed by atoms with E-state index < -0.39 is 0 Å². The van der Waals surface area contributed by atoms with Gasteiger partial charge in [0.25, 0.3) is 5.91 Å². The number of rotatable bonds is 6. The zero-order chi connectivity index (χ0) is 20.4. The Labute approximate surface area is 166 Å². The van der Waals surface area contributed by atoms with Gasteiger partial charge in [-0.1, -0.05) is 6.07 Å². The molecule has 3 aromatic rings. The molecule has 1 saturated heterocycles. The van der Waals surface area contributed by atoms with Gasteiger partial charge in [-0.05, 0) is 49.2 Å². The molecule has 0 aliphatic carbocycles. The molecule has 1 aliphatic rings. The Morgan fingerprint density at radius 1 is 1.24 bits per heavy atom. The number of nitrogens with one attached hydrogen (secondary N) is 2. The van der Waals surface area contributed by atoms with Crippen molar-refractivity contribution in [2.24, 2.45) is 0 Å². The average molecular weight is 394 g/mol. The summed E-state index contributed by atoms with van der Waals surface area (Å²) in [6, 6.07) is 10.6. The van der Waals surface area contributed by atoms with E-state index in [1.807, 2.05) is 13.0 Å². The van der Waals surface area contributed by atoms with Crippen molar-refractivity contribution in [1.29, 1.82) is 0 Å². The van der Waals surface area contributed by atoms with Gasteiger partial charge in [-0.2, -0.15) is 0 Å². The van der Waals surface area contributed by atoms with Crippen molar-refractivity contribution in [1.82, 2.24) is 24.8 Å². The van der Waals surface area contributed by atoms with Crippen molar-refractivity contribution < 1.29 is 9.59 Å². The van der Waals surface area contributed by atoms with Gasteiger partial charge in [-0.15, -0.1) is 5.10 Å². The van der Waals surface area contributed by atoms with Crippen molar-refractivity contribution in [2.75, 3.05) is 24.5 Å². The summed E-state index contributed by atoms with van der Waals surface area (Å²) in [4.78, 5) is 38.1. The lowest BCUT2D eigenvalue weighted by atomic mass is 10.1. The molecule has 1 aliphatic heterocycles. The normalized spacial score (nSPS) is 13.7. The molecule has 0 saturated carbocycles. The highest BCUT2D eigenvalue weighted by atomic mass is 16.2. The molecule has 1 aromatic carbocycles. The third-order valence-corrected chi connectivity index (χ3v) is 4.93. The standard InChI is InChI=1S/C20H22N6O3/c1-14-13-15(6-7-16(14)24-12-9-22-19(24)28)18(27)21-8-4-11-26-20(29)25-10-3-2-5-17(25)23-26/h2-3,5-7,10,13H,4,8-9,11-12H2,1H3,(H,21,27)(H,22,28). The van der Waals surface area contributed by atoms with E-state index in [-0.39, 0.29) is 17.6 Å². The molecule has 29 heavy (non-hydrogen) atoms. The number of nitrogens with zero attached hydrogens (tertiary/aromatic N) is 4. The molecule has 1 fully saturated rings. The minimum Gasteiger partial charge on any atom is -0.352 e. The lowest BCUT2D eigenvalue weighted by Gasteiger charge is -2.17. The topological polar surface area (TPSA) is 101 Å². The van der Waals surface area contributed by atoms with E-state index in [4.69, 9.17) is 0 Å². The van der Waals surface area contributed by atoms with Crippen molar-refractivity contribution in [3.8, 4) is 0 Å². The maximum atomic E-state index is 12.4. The van der Waals surface area contributed by atoms with Crippen LogP contribution in [0, 0.1) is 6.92 Å². The van der Waals surface area contributed by atoms with Crippen LogP contribution in [0.1, 0.15) is 22.3 Å². The van der Waals surface area contributed by atoms with Gasteiger partial charge in [0.1, 0.15) is 0 Å². The fourth-order valence-corrected chi connectivity index (χ4v) is 3.45. The number of fused-ring (bicyclic) bond motifs is 1. The molecule has 2 N–H and O–H groups in total. The Morgan fingerprint density at radius 3 is 2.83 bits per heavy atom. The zero-order valence-electron chi connectivity index (χ0n) is 16.1. The average Bonchev–Trinajstić information content (AvgIpc) is 3.28. The summed E-state index contributed by atoms with van der Waals surface area (Å²) in [5, 5.41) is 9.90. The van der Waals surface area contributed by atoms with Gasteiger partial charge in [-0.3, -0.25) is 14.1 Å². The smallest absolute Gasteiger partial charge is 0.350 e. The van der Waals surface area contributed by atoms with Crippen LogP contribution >= 0.6 is 0 Å². The maximum Gasteiger partial charge on any atom is 0.350 e. The molecule has 0 radical (unpaired) electrons. The molecule has 150 valence electrons. The molecular weight excluding hydrogens is 372 g/mol. The van der Waals surface area contributed by atoms with Crippen LogP contribution in [-0.4, -0.2) is 45.8 Å². The molecule has 0 bridgehead atoms. The summed E-state index contributed by atoms with van der Waals surface area (Å²) in [6.07, 6.45) is 2.27. The van der Waals surface area contributed by atoms with E-state index in [9.17, 15) is 14.4 Å². The quantitative estimate of drug-likeness (QED) is 0.613. The second-order valence-corrected chi connectivity index (χ2v) is 6.93. The number of pyridine rings is 1. The van der Waals surface area contributed by atoms with E-state index in [1.54, 1.807) is 41.4 Å². The van der Waals surface area contributed by atoms with Crippen molar-refractivity contribution in [3.63, 3.8) is 0 Å². The second kappa shape index (κ2) is 7.78. The lowest BCUT2D eigenvalue weighted by molar-refractivity contribution is 0.0952.